The number of carbonyl (C=O) groups is 1. The van der Waals surface area contributed by atoms with Crippen LogP contribution in [0.2, 0.25) is 0 Å². The molecule has 0 atom stereocenters. The summed E-state index contributed by atoms with van der Waals surface area (Å²) in [5, 5.41) is 14.1. The van der Waals surface area contributed by atoms with E-state index in [1.807, 2.05) is 0 Å². The molecule has 1 aromatic carbocycles. The molecular weight excluding hydrogens is 460 g/mol. The van der Waals surface area contributed by atoms with E-state index in [1.54, 1.807) is 30.3 Å². The average molecular weight is 476 g/mol. The van der Waals surface area contributed by atoms with Gasteiger partial charge in [-0.15, -0.1) is 0 Å². The average Bonchev–Trinajstić information content (AvgIpc) is 3.12. The van der Waals surface area contributed by atoms with Gasteiger partial charge in [-0.3, -0.25) is 4.90 Å². The van der Waals surface area contributed by atoms with Crippen molar-refractivity contribution in [3.8, 4) is 11.5 Å². The molecule has 0 unspecified atom stereocenters. The minimum absolute atomic E-state index is 0.0155. The van der Waals surface area contributed by atoms with E-state index in [-0.39, 0.29) is 23.0 Å². The SMILES string of the molecule is Nc1nc(-c2nn(Cc3ccccc3F)c3ncccc23)nc(N)c1N(CC(F)(F)F)C(=O)O. The summed E-state index contributed by atoms with van der Waals surface area (Å²) in [5.74, 6) is -1.79. The number of amides is 1. The van der Waals surface area contributed by atoms with Crippen molar-refractivity contribution in [1.82, 2.24) is 24.7 Å². The second-order valence-electron chi connectivity index (χ2n) is 7.12. The van der Waals surface area contributed by atoms with Gasteiger partial charge in [0.15, 0.2) is 23.1 Å². The minimum atomic E-state index is -4.86. The van der Waals surface area contributed by atoms with Crippen molar-refractivity contribution in [1.29, 1.82) is 0 Å². The van der Waals surface area contributed by atoms with E-state index in [4.69, 9.17) is 11.5 Å². The normalized spacial score (nSPS) is 11.6. The van der Waals surface area contributed by atoms with Gasteiger partial charge in [0.2, 0.25) is 0 Å². The molecule has 1 amide bonds. The number of halogens is 4. The van der Waals surface area contributed by atoms with Gasteiger partial charge in [0.25, 0.3) is 0 Å². The van der Waals surface area contributed by atoms with Crippen LogP contribution < -0.4 is 16.4 Å². The molecule has 10 nitrogen and oxygen atoms in total. The second-order valence-corrected chi connectivity index (χ2v) is 7.12. The van der Waals surface area contributed by atoms with Crippen molar-refractivity contribution < 1.29 is 27.5 Å². The van der Waals surface area contributed by atoms with Crippen LogP contribution in [0.3, 0.4) is 0 Å². The number of aromatic nitrogens is 5. The Morgan fingerprint density at radius 2 is 1.76 bits per heavy atom. The van der Waals surface area contributed by atoms with Crippen LogP contribution in [0.1, 0.15) is 5.56 Å². The number of hydrogen-bond donors (Lipinski definition) is 3. The number of rotatable bonds is 5. The number of alkyl halides is 3. The Morgan fingerprint density at radius 3 is 2.38 bits per heavy atom. The lowest BCUT2D eigenvalue weighted by Crippen LogP contribution is -2.39. The third-order valence-corrected chi connectivity index (χ3v) is 4.77. The zero-order valence-corrected chi connectivity index (χ0v) is 17.2. The Hall–Kier alpha value is -4.49. The van der Waals surface area contributed by atoms with Gasteiger partial charge in [-0.05, 0) is 18.2 Å². The number of fused-ring (bicyclic) bond motifs is 1. The molecule has 0 aliphatic rings. The number of nitrogen functional groups attached to an aromatic ring is 2. The van der Waals surface area contributed by atoms with Crippen molar-refractivity contribution in [2.45, 2.75) is 12.7 Å². The van der Waals surface area contributed by atoms with E-state index in [2.05, 4.69) is 20.1 Å². The Bertz CT molecular complexity index is 1370. The second kappa shape index (κ2) is 8.46. The lowest BCUT2D eigenvalue weighted by Gasteiger charge is -2.22. The van der Waals surface area contributed by atoms with Crippen LogP contribution in [0.15, 0.2) is 42.6 Å². The standard InChI is InChI=1S/C20H16F4N8O2/c21-12-6-2-1-4-10(12)8-32-18-11(5-3-7-27-18)13(30-32)17-28-15(25)14(16(26)29-17)31(19(33)34)9-20(22,23)24/h1-7H,8-9H2,(H,33,34)(H4,25,26,28,29). The number of benzene rings is 1. The lowest BCUT2D eigenvalue weighted by atomic mass is 10.2. The highest BCUT2D eigenvalue weighted by Crippen LogP contribution is 2.34. The summed E-state index contributed by atoms with van der Waals surface area (Å²) in [6.07, 6.45) is -5.29. The zero-order valence-electron chi connectivity index (χ0n) is 17.2. The molecule has 176 valence electrons. The molecule has 0 aliphatic carbocycles. The van der Waals surface area contributed by atoms with E-state index < -0.39 is 42.0 Å². The highest BCUT2D eigenvalue weighted by Gasteiger charge is 2.36. The molecule has 3 aromatic heterocycles. The Balaban J connectivity index is 1.81. The minimum Gasteiger partial charge on any atom is -0.465 e. The molecule has 0 saturated carbocycles. The highest BCUT2D eigenvalue weighted by molar-refractivity contribution is 5.95. The Kier molecular flexibility index (Phi) is 5.65. The first-order chi connectivity index (χ1) is 16.0. The van der Waals surface area contributed by atoms with E-state index in [0.29, 0.717) is 16.6 Å². The lowest BCUT2D eigenvalue weighted by molar-refractivity contribution is -0.118. The number of carboxylic acid groups (broad SMARTS) is 1. The first-order valence-corrected chi connectivity index (χ1v) is 9.60. The predicted molar refractivity (Wildman–Crippen MR) is 114 cm³/mol. The Morgan fingerprint density at radius 1 is 1.09 bits per heavy atom. The van der Waals surface area contributed by atoms with Gasteiger partial charge in [0.1, 0.15) is 23.7 Å². The molecular formula is C20H16F4N8O2. The molecule has 0 fully saturated rings. The van der Waals surface area contributed by atoms with Crippen molar-refractivity contribution in [2.75, 3.05) is 22.9 Å². The number of nitrogens with two attached hydrogens (primary N) is 2. The summed E-state index contributed by atoms with van der Waals surface area (Å²) in [6.45, 7) is -1.84. The smallest absolute Gasteiger partial charge is 0.412 e. The number of hydrogen-bond acceptors (Lipinski definition) is 7. The maximum atomic E-state index is 14.2. The van der Waals surface area contributed by atoms with Gasteiger partial charge in [-0.25, -0.2) is 28.8 Å². The van der Waals surface area contributed by atoms with Crippen molar-refractivity contribution in [2.24, 2.45) is 0 Å². The van der Waals surface area contributed by atoms with Crippen LogP contribution in [0.5, 0.6) is 0 Å². The fourth-order valence-corrected chi connectivity index (χ4v) is 3.37. The largest absolute Gasteiger partial charge is 0.465 e. The van der Waals surface area contributed by atoms with Crippen molar-refractivity contribution in [3.63, 3.8) is 0 Å². The van der Waals surface area contributed by atoms with Crippen LogP contribution >= 0.6 is 0 Å². The molecule has 0 aliphatic heterocycles. The van der Waals surface area contributed by atoms with Crippen LogP contribution in [-0.4, -0.2) is 48.7 Å². The van der Waals surface area contributed by atoms with Crippen LogP contribution in [0.25, 0.3) is 22.6 Å². The summed E-state index contributed by atoms with van der Waals surface area (Å²) in [6, 6.07) is 9.33. The van der Waals surface area contributed by atoms with Gasteiger partial charge in [-0.2, -0.15) is 18.3 Å². The number of nitrogens with zero attached hydrogens (tertiary/aromatic N) is 6. The van der Waals surface area contributed by atoms with Gasteiger partial charge in [0, 0.05) is 11.8 Å². The van der Waals surface area contributed by atoms with Crippen molar-refractivity contribution >= 4 is 34.4 Å². The van der Waals surface area contributed by atoms with Gasteiger partial charge in [0.05, 0.1) is 11.9 Å². The molecule has 0 spiro atoms. The summed E-state index contributed by atoms with van der Waals surface area (Å²) >= 11 is 0. The maximum Gasteiger partial charge on any atom is 0.412 e. The fourth-order valence-electron chi connectivity index (χ4n) is 3.37. The summed E-state index contributed by atoms with van der Waals surface area (Å²) in [5.41, 5.74) is 11.7. The van der Waals surface area contributed by atoms with Gasteiger partial charge in [-0.1, -0.05) is 18.2 Å². The predicted octanol–water partition coefficient (Wildman–Crippen LogP) is 3.29. The molecule has 0 saturated heterocycles. The molecule has 0 bridgehead atoms. The zero-order chi connectivity index (χ0) is 24.6. The first kappa shape index (κ1) is 22.7. The quantitative estimate of drug-likeness (QED) is 0.372. The van der Waals surface area contributed by atoms with Crippen LogP contribution in [0, 0.1) is 5.82 Å². The number of pyridine rings is 1. The summed E-state index contributed by atoms with van der Waals surface area (Å²) in [7, 11) is 0. The molecule has 4 rings (SSSR count). The third-order valence-electron chi connectivity index (χ3n) is 4.77. The van der Waals surface area contributed by atoms with Crippen LogP contribution in [0.4, 0.5) is 39.7 Å². The van der Waals surface area contributed by atoms with Crippen molar-refractivity contribution in [3.05, 3.63) is 54.0 Å². The van der Waals surface area contributed by atoms with Gasteiger partial charge < -0.3 is 16.6 Å². The fraction of sp³-hybridized carbons (Fsp3) is 0.150. The van der Waals surface area contributed by atoms with E-state index in [1.165, 1.54) is 16.9 Å². The maximum absolute atomic E-state index is 14.2. The van der Waals surface area contributed by atoms with Crippen LogP contribution in [-0.2, 0) is 6.54 Å². The van der Waals surface area contributed by atoms with E-state index in [0.717, 1.165) is 0 Å². The first-order valence-electron chi connectivity index (χ1n) is 9.60. The highest BCUT2D eigenvalue weighted by atomic mass is 19.4. The summed E-state index contributed by atoms with van der Waals surface area (Å²) < 4.78 is 54.2. The van der Waals surface area contributed by atoms with Gasteiger partial charge >= 0.3 is 12.3 Å². The third kappa shape index (κ3) is 4.37. The monoisotopic (exact) mass is 476 g/mol. The molecule has 5 N–H and O–H groups in total. The molecule has 14 heteroatoms. The van der Waals surface area contributed by atoms with E-state index >= 15 is 0 Å². The molecule has 4 aromatic rings. The molecule has 34 heavy (non-hydrogen) atoms. The summed E-state index contributed by atoms with van der Waals surface area (Å²) in [4.78, 5) is 23.5. The Labute approximate surface area is 188 Å². The van der Waals surface area contributed by atoms with E-state index in [9.17, 15) is 27.5 Å². The molecule has 0 radical (unpaired) electrons. The molecule has 3 heterocycles. The number of anilines is 3. The topological polar surface area (TPSA) is 149 Å².